The van der Waals surface area contributed by atoms with Crippen molar-refractivity contribution in [3.05, 3.63) is 48.2 Å². The number of nitrogens with two attached hydrogens (primary N) is 1. The Hall–Kier alpha value is -1.93. The summed E-state index contributed by atoms with van der Waals surface area (Å²) in [6.07, 6.45) is 2.00. The van der Waals surface area contributed by atoms with Crippen molar-refractivity contribution in [3.8, 4) is 17.0 Å². The van der Waals surface area contributed by atoms with Crippen molar-refractivity contribution in [2.75, 3.05) is 0 Å². The van der Waals surface area contributed by atoms with Crippen LogP contribution in [0.15, 0.2) is 42.6 Å². The van der Waals surface area contributed by atoms with Gasteiger partial charge < -0.3 is 10.3 Å². The molecule has 0 saturated heterocycles. The standard InChI is InChI=1S/C13H13N2O2P/c14-12(16)7-9-1-3-10(4-2-9)11-5-6-13(17-18)15-8-11/h1-6,8H,7,18H2,(H2,14,16). The van der Waals surface area contributed by atoms with Crippen LogP contribution in [-0.4, -0.2) is 10.9 Å². The number of carbonyl (C=O) groups is 1. The van der Waals surface area contributed by atoms with E-state index in [1.807, 2.05) is 30.3 Å². The molecule has 0 aliphatic heterocycles. The van der Waals surface area contributed by atoms with Crippen LogP contribution in [0.5, 0.6) is 5.88 Å². The Morgan fingerprint density at radius 1 is 1.17 bits per heavy atom. The van der Waals surface area contributed by atoms with Crippen molar-refractivity contribution < 1.29 is 9.32 Å². The number of rotatable bonds is 4. The molecule has 2 aromatic rings. The molecule has 4 nitrogen and oxygen atoms in total. The Morgan fingerprint density at radius 3 is 2.33 bits per heavy atom. The van der Waals surface area contributed by atoms with Crippen molar-refractivity contribution in [2.24, 2.45) is 5.73 Å². The predicted octanol–water partition coefficient (Wildman–Crippen LogP) is 1.95. The molecule has 1 unspecified atom stereocenters. The lowest BCUT2D eigenvalue weighted by molar-refractivity contribution is -0.117. The Kier molecular flexibility index (Phi) is 3.90. The van der Waals surface area contributed by atoms with E-state index in [4.69, 9.17) is 10.3 Å². The van der Waals surface area contributed by atoms with E-state index in [9.17, 15) is 4.79 Å². The topological polar surface area (TPSA) is 65.2 Å². The summed E-state index contributed by atoms with van der Waals surface area (Å²) in [6.45, 7) is 0. The van der Waals surface area contributed by atoms with Crippen molar-refractivity contribution in [1.82, 2.24) is 4.98 Å². The summed E-state index contributed by atoms with van der Waals surface area (Å²) in [5.74, 6) is 0.223. The average Bonchev–Trinajstić information content (AvgIpc) is 2.39. The van der Waals surface area contributed by atoms with E-state index < -0.39 is 0 Å². The van der Waals surface area contributed by atoms with E-state index >= 15 is 0 Å². The maximum atomic E-state index is 10.8. The van der Waals surface area contributed by atoms with Crippen LogP contribution in [0.25, 0.3) is 11.1 Å². The van der Waals surface area contributed by atoms with Crippen LogP contribution in [0, 0.1) is 0 Å². The second kappa shape index (κ2) is 5.61. The number of hydrogen-bond donors (Lipinski definition) is 1. The van der Waals surface area contributed by atoms with Crippen molar-refractivity contribution in [1.29, 1.82) is 0 Å². The number of aromatic nitrogens is 1. The molecule has 92 valence electrons. The highest BCUT2D eigenvalue weighted by Crippen LogP contribution is 2.21. The van der Waals surface area contributed by atoms with Gasteiger partial charge in [-0.1, -0.05) is 24.3 Å². The lowest BCUT2D eigenvalue weighted by Crippen LogP contribution is -2.13. The molecule has 18 heavy (non-hydrogen) atoms. The Morgan fingerprint density at radius 2 is 1.83 bits per heavy atom. The van der Waals surface area contributed by atoms with Gasteiger partial charge in [-0.3, -0.25) is 4.79 Å². The summed E-state index contributed by atoms with van der Waals surface area (Å²) < 4.78 is 4.92. The second-order valence-corrected chi connectivity index (χ2v) is 4.08. The molecule has 0 spiro atoms. The number of pyridine rings is 1. The SMILES string of the molecule is NC(=O)Cc1ccc(-c2ccc(OP)nc2)cc1. The molecule has 0 fully saturated rings. The zero-order chi connectivity index (χ0) is 13.0. The van der Waals surface area contributed by atoms with Crippen LogP contribution >= 0.6 is 9.47 Å². The minimum atomic E-state index is -0.327. The monoisotopic (exact) mass is 260 g/mol. The van der Waals surface area contributed by atoms with Gasteiger partial charge in [-0.2, -0.15) is 0 Å². The molecule has 0 aliphatic rings. The fraction of sp³-hybridized carbons (Fsp3) is 0.0769. The lowest BCUT2D eigenvalue weighted by atomic mass is 10.0. The Balaban J connectivity index is 2.20. The van der Waals surface area contributed by atoms with Gasteiger partial charge in [0.05, 0.1) is 15.9 Å². The molecule has 2 rings (SSSR count). The maximum absolute atomic E-state index is 10.8. The fourth-order valence-electron chi connectivity index (χ4n) is 1.64. The zero-order valence-corrected chi connectivity index (χ0v) is 10.8. The van der Waals surface area contributed by atoms with Crippen LogP contribution in [0.2, 0.25) is 0 Å². The van der Waals surface area contributed by atoms with Crippen LogP contribution < -0.4 is 10.3 Å². The van der Waals surface area contributed by atoms with Crippen LogP contribution in [-0.2, 0) is 11.2 Å². The zero-order valence-electron chi connectivity index (χ0n) is 9.67. The number of amides is 1. The van der Waals surface area contributed by atoms with Crippen LogP contribution in [0.1, 0.15) is 5.56 Å². The predicted molar refractivity (Wildman–Crippen MR) is 72.9 cm³/mol. The normalized spacial score (nSPS) is 10.1. The molecular weight excluding hydrogens is 247 g/mol. The van der Waals surface area contributed by atoms with Crippen LogP contribution in [0.3, 0.4) is 0 Å². The first-order valence-corrected chi connectivity index (χ1v) is 5.86. The summed E-state index contributed by atoms with van der Waals surface area (Å²) in [6, 6.07) is 11.4. The largest absolute Gasteiger partial charge is 0.463 e. The minimum absolute atomic E-state index is 0.262. The fourth-order valence-corrected chi connectivity index (χ4v) is 1.78. The van der Waals surface area contributed by atoms with E-state index in [0.717, 1.165) is 16.7 Å². The highest BCUT2D eigenvalue weighted by Gasteiger charge is 2.01. The number of hydrogen-bond acceptors (Lipinski definition) is 3. The molecular formula is C13H13N2O2P. The Labute approximate surface area is 107 Å². The summed E-state index contributed by atoms with van der Waals surface area (Å²) in [5, 5.41) is 0. The molecule has 1 amide bonds. The highest BCUT2D eigenvalue weighted by molar-refractivity contribution is 7.10. The molecule has 5 heteroatoms. The van der Waals surface area contributed by atoms with Gasteiger partial charge in [0.1, 0.15) is 0 Å². The molecule has 0 radical (unpaired) electrons. The molecule has 0 saturated carbocycles. The van der Waals surface area contributed by atoms with Crippen molar-refractivity contribution >= 4 is 15.4 Å². The summed E-state index contributed by atoms with van der Waals surface area (Å²) in [7, 11) is 2.15. The van der Waals surface area contributed by atoms with Gasteiger partial charge >= 0.3 is 0 Å². The molecule has 0 bridgehead atoms. The van der Waals surface area contributed by atoms with Gasteiger partial charge in [-0.25, -0.2) is 4.98 Å². The van der Waals surface area contributed by atoms with E-state index in [2.05, 4.69) is 14.5 Å². The Bertz CT molecular complexity index is 538. The van der Waals surface area contributed by atoms with Crippen LogP contribution in [0.4, 0.5) is 0 Å². The minimum Gasteiger partial charge on any atom is -0.463 e. The van der Waals surface area contributed by atoms with Crippen molar-refractivity contribution in [3.63, 3.8) is 0 Å². The molecule has 1 aromatic heterocycles. The number of benzene rings is 1. The third kappa shape index (κ3) is 3.05. The number of primary amides is 1. The van der Waals surface area contributed by atoms with Crippen molar-refractivity contribution in [2.45, 2.75) is 6.42 Å². The summed E-state index contributed by atoms with van der Waals surface area (Å²) >= 11 is 0. The average molecular weight is 260 g/mol. The van der Waals surface area contributed by atoms with Gasteiger partial charge in [0.15, 0.2) is 0 Å². The molecule has 1 atom stereocenters. The van der Waals surface area contributed by atoms with E-state index in [1.165, 1.54) is 0 Å². The molecule has 0 aliphatic carbocycles. The van der Waals surface area contributed by atoms with E-state index in [0.29, 0.717) is 5.88 Å². The highest BCUT2D eigenvalue weighted by atomic mass is 31.0. The smallest absolute Gasteiger partial charge is 0.221 e. The van der Waals surface area contributed by atoms with Gasteiger partial charge in [0.25, 0.3) is 0 Å². The number of nitrogens with zero attached hydrogens (tertiary/aromatic N) is 1. The summed E-state index contributed by atoms with van der Waals surface area (Å²) in [4.78, 5) is 14.9. The third-order valence-electron chi connectivity index (χ3n) is 2.52. The lowest BCUT2D eigenvalue weighted by Gasteiger charge is -2.04. The molecule has 2 N–H and O–H groups in total. The van der Waals surface area contributed by atoms with E-state index in [1.54, 1.807) is 12.3 Å². The third-order valence-corrected chi connectivity index (χ3v) is 2.76. The van der Waals surface area contributed by atoms with Gasteiger partial charge in [0, 0.05) is 17.8 Å². The van der Waals surface area contributed by atoms with E-state index in [-0.39, 0.29) is 12.3 Å². The molecule has 1 aromatic carbocycles. The quantitative estimate of drug-likeness (QED) is 0.854. The van der Waals surface area contributed by atoms with Gasteiger partial charge in [0.2, 0.25) is 11.8 Å². The van der Waals surface area contributed by atoms with Gasteiger partial charge in [-0.05, 0) is 17.2 Å². The first kappa shape index (κ1) is 12.5. The number of carbonyl (C=O) groups excluding carboxylic acids is 1. The molecule has 1 heterocycles. The first-order valence-electron chi connectivity index (χ1n) is 5.39. The maximum Gasteiger partial charge on any atom is 0.221 e. The first-order chi connectivity index (χ1) is 8.69. The second-order valence-electron chi connectivity index (χ2n) is 3.84. The van der Waals surface area contributed by atoms with Gasteiger partial charge in [-0.15, -0.1) is 0 Å². The summed E-state index contributed by atoms with van der Waals surface area (Å²) in [5.41, 5.74) is 8.07.